The Labute approximate surface area is 93.6 Å². The molecule has 1 aromatic rings. The normalized spacial score (nSPS) is 30.4. The Morgan fingerprint density at radius 2 is 2.00 bits per heavy atom. The van der Waals surface area contributed by atoms with Crippen LogP contribution in [0.3, 0.4) is 0 Å². The Bertz CT molecular complexity index is 383. The van der Waals surface area contributed by atoms with Gasteiger partial charge in [0, 0.05) is 12.1 Å². The molecule has 1 aromatic carbocycles. The van der Waals surface area contributed by atoms with Crippen molar-refractivity contribution >= 4 is 0 Å². The smallest absolute Gasteiger partial charge is 0.159 e. The summed E-state index contributed by atoms with van der Waals surface area (Å²) in [6.45, 7) is 4.58. The molecular weight excluding hydrogens is 212 g/mol. The van der Waals surface area contributed by atoms with Gasteiger partial charge in [-0.2, -0.15) is 0 Å². The first-order valence-corrected chi connectivity index (χ1v) is 5.40. The van der Waals surface area contributed by atoms with Gasteiger partial charge in [-0.25, -0.2) is 8.78 Å². The quantitative estimate of drug-likeness (QED) is 0.795. The number of hydrogen-bond donors (Lipinski definition) is 1. The largest absolute Gasteiger partial charge is 0.370 e. The molecule has 1 aliphatic rings. The number of hydrogen-bond acceptors (Lipinski definition) is 2. The highest BCUT2D eigenvalue weighted by Crippen LogP contribution is 2.26. The van der Waals surface area contributed by atoms with Crippen LogP contribution in [0.5, 0.6) is 0 Å². The third-order valence-electron chi connectivity index (χ3n) is 2.80. The van der Waals surface area contributed by atoms with Gasteiger partial charge in [-0.15, -0.1) is 0 Å². The lowest BCUT2D eigenvalue weighted by molar-refractivity contribution is -0.0208. The lowest BCUT2D eigenvalue weighted by Crippen LogP contribution is -2.47. The molecule has 1 aliphatic heterocycles. The molecule has 0 bridgehead atoms. The highest BCUT2D eigenvalue weighted by molar-refractivity contribution is 5.22. The van der Waals surface area contributed by atoms with Crippen LogP contribution in [0.25, 0.3) is 0 Å². The minimum atomic E-state index is -0.827. The summed E-state index contributed by atoms with van der Waals surface area (Å²) in [6, 6.07) is 4.29. The molecule has 4 heteroatoms. The van der Waals surface area contributed by atoms with E-state index >= 15 is 0 Å². The van der Waals surface area contributed by atoms with Crippen molar-refractivity contribution in [3.05, 3.63) is 35.4 Å². The average molecular weight is 227 g/mol. The van der Waals surface area contributed by atoms with Crippen LogP contribution in [-0.2, 0) is 4.74 Å². The van der Waals surface area contributed by atoms with Crippen LogP contribution in [0.1, 0.15) is 25.5 Å². The van der Waals surface area contributed by atoms with E-state index in [4.69, 9.17) is 4.74 Å². The van der Waals surface area contributed by atoms with E-state index in [0.29, 0.717) is 12.2 Å². The van der Waals surface area contributed by atoms with E-state index in [-0.39, 0.29) is 18.2 Å². The number of benzene rings is 1. The van der Waals surface area contributed by atoms with E-state index in [2.05, 4.69) is 5.32 Å². The molecule has 1 N–H and O–H groups in total. The van der Waals surface area contributed by atoms with E-state index in [1.807, 2.05) is 13.8 Å². The Morgan fingerprint density at radius 3 is 2.62 bits per heavy atom. The van der Waals surface area contributed by atoms with Gasteiger partial charge in [-0.1, -0.05) is 6.07 Å². The molecule has 0 radical (unpaired) electrons. The molecule has 0 spiro atoms. The standard InChI is InChI=1S/C12H15F2NO/c1-7-6-16-12(8(2)15-7)9-3-4-10(13)11(14)5-9/h3-5,7-8,12,15H,6H2,1-2H3/t7?,8-,12-/m1/s1. The summed E-state index contributed by atoms with van der Waals surface area (Å²) in [5.74, 6) is -1.65. The van der Waals surface area contributed by atoms with Gasteiger partial charge >= 0.3 is 0 Å². The second-order valence-corrected chi connectivity index (χ2v) is 4.28. The van der Waals surface area contributed by atoms with Gasteiger partial charge in [0.2, 0.25) is 0 Å². The number of rotatable bonds is 1. The van der Waals surface area contributed by atoms with Crippen molar-refractivity contribution in [1.29, 1.82) is 0 Å². The molecular formula is C12H15F2NO. The maximum absolute atomic E-state index is 13.1. The summed E-state index contributed by atoms with van der Waals surface area (Å²) < 4.78 is 31.5. The van der Waals surface area contributed by atoms with E-state index in [1.54, 1.807) is 6.07 Å². The number of halogens is 2. The Kier molecular flexibility index (Phi) is 3.21. The molecule has 0 saturated carbocycles. The molecule has 88 valence electrons. The van der Waals surface area contributed by atoms with E-state index in [0.717, 1.165) is 6.07 Å². The van der Waals surface area contributed by atoms with Crippen molar-refractivity contribution in [2.75, 3.05) is 6.61 Å². The molecule has 1 unspecified atom stereocenters. The van der Waals surface area contributed by atoms with Crippen LogP contribution in [0, 0.1) is 11.6 Å². The first kappa shape index (κ1) is 11.5. The molecule has 2 rings (SSSR count). The fourth-order valence-corrected chi connectivity index (χ4v) is 2.05. The van der Waals surface area contributed by atoms with Gasteiger partial charge in [-0.05, 0) is 31.5 Å². The van der Waals surface area contributed by atoms with Crippen molar-refractivity contribution in [3.8, 4) is 0 Å². The highest BCUT2D eigenvalue weighted by atomic mass is 19.2. The van der Waals surface area contributed by atoms with Crippen LogP contribution in [0.15, 0.2) is 18.2 Å². The van der Waals surface area contributed by atoms with Crippen LogP contribution >= 0.6 is 0 Å². The van der Waals surface area contributed by atoms with Crippen molar-refractivity contribution in [2.45, 2.75) is 32.0 Å². The van der Waals surface area contributed by atoms with Gasteiger partial charge < -0.3 is 10.1 Å². The first-order chi connectivity index (χ1) is 7.58. The molecule has 2 nitrogen and oxygen atoms in total. The summed E-state index contributed by atoms with van der Waals surface area (Å²) in [4.78, 5) is 0. The van der Waals surface area contributed by atoms with Gasteiger partial charge in [0.25, 0.3) is 0 Å². The van der Waals surface area contributed by atoms with Crippen LogP contribution in [0.2, 0.25) is 0 Å². The van der Waals surface area contributed by atoms with Crippen molar-refractivity contribution in [1.82, 2.24) is 5.32 Å². The molecule has 1 saturated heterocycles. The fourth-order valence-electron chi connectivity index (χ4n) is 2.05. The average Bonchev–Trinajstić information content (AvgIpc) is 2.22. The lowest BCUT2D eigenvalue weighted by atomic mass is 10.0. The third-order valence-corrected chi connectivity index (χ3v) is 2.80. The predicted molar refractivity (Wildman–Crippen MR) is 57.1 cm³/mol. The van der Waals surface area contributed by atoms with E-state index < -0.39 is 11.6 Å². The molecule has 0 aromatic heterocycles. The second-order valence-electron chi connectivity index (χ2n) is 4.28. The molecule has 1 fully saturated rings. The Hall–Kier alpha value is -1.00. The molecule has 16 heavy (non-hydrogen) atoms. The fraction of sp³-hybridized carbons (Fsp3) is 0.500. The minimum Gasteiger partial charge on any atom is -0.370 e. The van der Waals surface area contributed by atoms with Crippen molar-refractivity contribution in [3.63, 3.8) is 0 Å². The summed E-state index contributed by atoms with van der Waals surface area (Å²) in [7, 11) is 0. The number of nitrogens with one attached hydrogen (secondary N) is 1. The van der Waals surface area contributed by atoms with E-state index in [9.17, 15) is 8.78 Å². The predicted octanol–water partition coefficient (Wildman–Crippen LogP) is 2.40. The summed E-state index contributed by atoms with van der Waals surface area (Å²) in [6.07, 6.45) is -0.216. The highest BCUT2D eigenvalue weighted by Gasteiger charge is 2.27. The molecule has 1 heterocycles. The minimum absolute atomic E-state index is 0.0913. The zero-order valence-corrected chi connectivity index (χ0v) is 9.34. The lowest BCUT2D eigenvalue weighted by Gasteiger charge is -2.34. The monoisotopic (exact) mass is 227 g/mol. The van der Waals surface area contributed by atoms with Crippen LogP contribution < -0.4 is 5.32 Å². The molecule has 3 atom stereocenters. The Balaban J connectivity index is 2.20. The summed E-state index contributed by atoms with van der Waals surface area (Å²) >= 11 is 0. The summed E-state index contributed by atoms with van der Waals surface area (Å²) in [5, 5.41) is 3.32. The van der Waals surface area contributed by atoms with E-state index in [1.165, 1.54) is 6.07 Å². The maximum atomic E-state index is 13.1. The second kappa shape index (κ2) is 4.47. The zero-order valence-electron chi connectivity index (χ0n) is 9.34. The van der Waals surface area contributed by atoms with Gasteiger partial charge in [0.05, 0.1) is 12.7 Å². The van der Waals surface area contributed by atoms with Crippen LogP contribution in [-0.4, -0.2) is 18.7 Å². The molecule has 0 amide bonds. The maximum Gasteiger partial charge on any atom is 0.159 e. The molecule has 0 aliphatic carbocycles. The van der Waals surface area contributed by atoms with Gasteiger partial charge in [0.1, 0.15) is 0 Å². The van der Waals surface area contributed by atoms with Gasteiger partial charge in [-0.3, -0.25) is 0 Å². The first-order valence-electron chi connectivity index (χ1n) is 5.40. The number of morpholine rings is 1. The van der Waals surface area contributed by atoms with Crippen molar-refractivity contribution < 1.29 is 13.5 Å². The number of ether oxygens (including phenoxy) is 1. The van der Waals surface area contributed by atoms with Gasteiger partial charge in [0.15, 0.2) is 11.6 Å². The third kappa shape index (κ3) is 2.23. The summed E-state index contributed by atoms with van der Waals surface area (Å²) in [5.41, 5.74) is 0.672. The topological polar surface area (TPSA) is 21.3 Å². The Morgan fingerprint density at radius 1 is 1.25 bits per heavy atom. The van der Waals surface area contributed by atoms with Crippen molar-refractivity contribution in [2.24, 2.45) is 0 Å². The zero-order chi connectivity index (χ0) is 11.7. The van der Waals surface area contributed by atoms with Crippen LogP contribution in [0.4, 0.5) is 8.78 Å². The SMILES string of the molecule is CC1CO[C@@H](c2ccc(F)c(F)c2)[C@@H](C)N1.